The van der Waals surface area contributed by atoms with Crippen molar-refractivity contribution in [3.05, 3.63) is 83.3 Å². The van der Waals surface area contributed by atoms with Gasteiger partial charge in [-0.3, -0.25) is 4.79 Å². The molecular weight excluding hydrogens is 458 g/mol. The molecule has 0 radical (unpaired) electrons. The second-order valence-corrected chi connectivity index (χ2v) is 8.53. The van der Waals surface area contributed by atoms with Crippen LogP contribution in [0.15, 0.2) is 88.2 Å². The van der Waals surface area contributed by atoms with Gasteiger partial charge in [0.05, 0.1) is 22.2 Å². The molecule has 0 atom stereocenters. The summed E-state index contributed by atoms with van der Waals surface area (Å²) in [6.07, 6.45) is 0. The lowest BCUT2D eigenvalue weighted by atomic mass is 10.3. The minimum absolute atomic E-state index is 0.00468. The van der Waals surface area contributed by atoms with E-state index in [1.165, 1.54) is 31.4 Å². The van der Waals surface area contributed by atoms with Gasteiger partial charge >= 0.3 is 0 Å². The second kappa shape index (κ2) is 9.11. The molecule has 8 heteroatoms. The maximum absolute atomic E-state index is 13.2. The largest absolute Gasteiger partial charge is 0.497 e. The Balaban J connectivity index is 1.95. The van der Waals surface area contributed by atoms with Gasteiger partial charge in [0.15, 0.2) is 6.61 Å². The normalized spacial score (nSPS) is 11.0. The molecule has 0 aliphatic carbocycles. The summed E-state index contributed by atoms with van der Waals surface area (Å²) in [6.45, 7) is -0.458. The first kappa shape index (κ1) is 20.9. The van der Waals surface area contributed by atoms with Crippen molar-refractivity contribution < 1.29 is 22.7 Å². The van der Waals surface area contributed by atoms with E-state index in [9.17, 15) is 13.2 Å². The quantitative estimate of drug-likeness (QED) is 0.510. The van der Waals surface area contributed by atoms with E-state index in [1.54, 1.807) is 48.5 Å². The molecule has 0 N–H and O–H groups in total. The van der Waals surface area contributed by atoms with Crippen LogP contribution in [0.2, 0.25) is 0 Å². The highest BCUT2D eigenvalue weighted by Gasteiger charge is 2.31. The smallest absolute Gasteiger partial charge is 0.278 e. The zero-order valence-electron chi connectivity index (χ0n) is 15.5. The first-order valence-electron chi connectivity index (χ1n) is 8.58. The van der Waals surface area contributed by atoms with Crippen molar-refractivity contribution in [2.45, 2.75) is 4.90 Å². The monoisotopic (exact) mass is 475 g/mol. The fourth-order valence-corrected chi connectivity index (χ4v) is 4.42. The summed E-state index contributed by atoms with van der Waals surface area (Å²) in [4.78, 5) is 13.0. The highest BCUT2D eigenvalue weighted by atomic mass is 79.9. The van der Waals surface area contributed by atoms with Gasteiger partial charge in [-0.1, -0.05) is 30.3 Å². The van der Waals surface area contributed by atoms with Crippen LogP contribution in [0.3, 0.4) is 0 Å². The molecular formula is C21H18BrNO5S. The zero-order chi connectivity index (χ0) is 20.9. The van der Waals surface area contributed by atoms with E-state index >= 15 is 0 Å². The number of ether oxygens (including phenoxy) is 2. The molecule has 0 unspecified atom stereocenters. The molecule has 3 aromatic carbocycles. The van der Waals surface area contributed by atoms with E-state index in [1.807, 2.05) is 6.07 Å². The summed E-state index contributed by atoms with van der Waals surface area (Å²) in [5.74, 6) is 0.255. The maximum Gasteiger partial charge on any atom is 0.278 e. The molecule has 150 valence electrons. The third-order valence-electron chi connectivity index (χ3n) is 4.00. The predicted octanol–water partition coefficient (Wildman–Crippen LogP) is 4.26. The summed E-state index contributed by atoms with van der Waals surface area (Å²) < 4.78 is 38.5. The van der Waals surface area contributed by atoms with E-state index in [2.05, 4.69) is 15.9 Å². The molecule has 0 saturated carbocycles. The van der Waals surface area contributed by atoms with Gasteiger partial charge in [0.25, 0.3) is 15.9 Å². The molecule has 0 aromatic heterocycles. The molecule has 6 nitrogen and oxygen atoms in total. The maximum atomic E-state index is 13.2. The summed E-state index contributed by atoms with van der Waals surface area (Å²) in [5, 5.41) is 0. The number of carbonyl (C=O) groups excluding carboxylic acids is 1. The average molecular weight is 476 g/mol. The fourth-order valence-electron chi connectivity index (χ4n) is 2.59. The van der Waals surface area contributed by atoms with Crippen LogP contribution in [-0.4, -0.2) is 28.0 Å². The number of nitrogens with zero attached hydrogens (tertiary/aromatic N) is 1. The van der Waals surface area contributed by atoms with Crippen LogP contribution >= 0.6 is 15.9 Å². The lowest BCUT2D eigenvalue weighted by Crippen LogP contribution is -2.40. The van der Waals surface area contributed by atoms with Crippen LogP contribution < -0.4 is 13.8 Å². The standard InChI is InChI=1S/C21H18BrNO5S/c1-27-17-13-11-16(12-14-17)23(29(25,26)18-7-3-2-4-8-18)21(24)15-28-20-10-6-5-9-19(20)22/h2-14H,15H2,1H3. The van der Waals surface area contributed by atoms with Gasteiger partial charge in [-0.05, 0) is 64.5 Å². The van der Waals surface area contributed by atoms with E-state index in [-0.39, 0.29) is 10.6 Å². The van der Waals surface area contributed by atoms with Crippen LogP contribution in [0.1, 0.15) is 0 Å². The molecule has 1 amide bonds. The van der Waals surface area contributed by atoms with Crippen LogP contribution in [0.4, 0.5) is 5.69 Å². The first-order chi connectivity index (χ1) is 13.9. The highest BCUT2D eigenvalue weighted by Crippen LogP contribution is 2.27. The second-order valence-electron chi connectivity index (χ2n) is 5.89. The van der Waals surface area contributed by atoms with Crippen molar-refractivity contribution in [1.29, 1.82) is 0 Å². The number of rotatable bonds is 7. The number of para-hydroxylation sites is 1. The molecule has 0 aliphatic heterocycles. The minimum atomic E-state index is -4.14. The Labute approximate surface area is 177 Å². The number of benzene rings is 3. The molecule has 29 heavy (non-hydrogen) atoms. The van der Waals surface area contributed by atoms with Gasteiger partial charge in [0, 0.05) is 0 Å². The third-order valence-corrected chi connectivity index (χ3v) is 6.42. The van der Waals surface area contributed by atoms with Gasteiger partial charge in [0.2, 0.25) is 0 Å². The first-order valence-corrected chi connectivity index (χ1v) is 10.8. The van der Waals surface area contributed by atoms with Gasteiger partial charge < -0.3 is 9.47 Å². The van der Waals surface area contributed by atoms with Crippen molar-refractivity contribution >= 4 is 37.5 Å². The van der Waals surface area contributed by atoms with Crippen LogP contribution in [0, 0.1) is 0 Å². The number of methoxy groups -OCH3 is 1. The number of halogens is 1. The van der Waals surface area contributed by atoms with Crippen molar-refractivity contribution in [3.63, 3.8) is 0 Å². The van der Waals surface area contributed by atoms with E-state index in [0.717, 1.165) is 4.31 Å². The van der Waals surface area contributed by atoms with Crippen molar-refractivity contribution in [3.8, 4) is 11.5 Å². The number of carbonyl (C=O) groups is 1. The Bertz CT molecular complexity index is 1090. The van der Waals surface area contributed by atoms with Gasteiger partial charge in [-0.2, -0.15) is 4.31 Å². The van der Waals surface area contributed by atoms with E-state index in [4.69, 9.17) is 9.47 Å². The van der Waals surface area contributed by atoms with E-state index < -0.39 is 22.5 Å². The molecule has 3 rings (SSSR count). The summed E-state index contributed by atoms with van der Waals surface area (Å²) in [6, 6.07) is 21.0. The number of hydrogen-bond acceptors (Lipinski definition) is 5. The number of anilines is 1. The predicted molar refractivity (Wildman–Crippen MR) is 114 cm³/mol. The summed E-state index contributed by atoms with van der Waals surface area (Å²) >= 11 is 3.34. The molecule has 0 fully saturated rings. The molecule has 0 bridgehead atoms. The molecule has 0 aliphatic rings. The highest BCUT2D eigenvalue weighted by molar-refractivity contribution is 9.10. The van der Waals surface area contributed by atoms with Crippen molar-refractivity contribution in [2.75, 3.05) is 18.0 Å². The average Bonchev–Trinajstić information content (AvgIpc) is 2.74. The molecule has 0 saturated heterocycles. The van der Waals surface area contributed by atoms with Gasteiger partial charge in [-0.15, -0.1) is 0 Å². The molecule has 3 aromatic rings. The lowest BCUT2D eigenvalue weighted by Gasteiger charge is -2.23. The van der Waals surface area contributed by atoms with Crippen molar-refractivity contribution in [2.24, 2.45) is 0 Å². The Morgan fingerprint density at radius 1 is 0.931 bits per heavy atom. The number of sulfonamides is 1. The molecule has 0 heterocycles. The van der Waals surface area contributed by atoms with Crippen LogP contribution in [0.5, 0.6) is 11.5 Å². The van der Waals surface area contributed by atoms with Crippen LogP contribution in [-0.2, 0) is 14.8 Å². The van der Waals surface area contributed by atoms with Gasteiger partial charge in [-0.25, -0.2) is 8.42 Å². The summed E-state index contributed by atoms with van der Waals surface area (Å²) in [5.41, 5.74) is 0.190. The Kier molecular flexibility index (Phi) is 6.56. The Hall–Kier alpha value is -2.84. The van der Waals surface area contributed by atoms with Gasteiger partial charge in [0.1, 0.15) is 11.5 Å². The number of hydrogen-bond donors (Lipinski definition) is 0. The van der Waals surface area contributed by atoms with E-state index in [0.29, 0.717) is 16.0 Å². The lowest BCUT2D eigenvalue weighted by molar-refractivity contribution is -0.119. The summed E-state index contributed by atoms with van der Waals surface area (Å²) in [7, 11) is -2.63. The Morgan fingerprint density at radius 2 is 1.55 bits per heavy atom. The van der Waals surface area contributed by atoms with Crippen molar-refractivity contribution in [1.82, 2.24) is 0 Å². The van der Waals surface area contributed by atoms with Crippen LogP contribution in [0.25, 0.3) is 0 Å². The Morgan fingerprint density at radius 3 is 2.17 bits per heavy atom. The zero-order valence-corrected chi connectivity index (χ0v) is 17.9. The molecule has 0 spiro atoms. The SMILES string of the molecule is COc1ccc(N(C(=O)COc2ccccc2Br)S(=O)(=O)c2ccccc2)cc1. The minimum Gasteiger partial charge on any atom is -0.497 e. The topological polar surface area (TPSA) is 72.9 Å². The third kappa shape index (κ3) is 4.78. The fraction of sp³-hybridized carbons (Fsp3) is 0.0952. The number of amides is 1.